The monoisotopic (exact) mass is 375 g/mol. The first-order valence-corrected chi connectivity index (χ1v) is 9.14. The molecule has 5 heteroatoms. The van der Waals surface area contributed by atoms with Gasteiger partial charge in [-0.05, 0) is 30.0 Å². The highest BCUT2D eigenvalue weighted by molar-refractivity contribution is 5.96. The molecule has 3 aromatic carbocycles. The summed E-state index contributed by atoms with van der Waals surface area (Å²) < 4.78 is 16.5. The van der Waals surface area contributed by atoms with E-state index in [1.807, 2.05) is 60.7 Å². The molecule has 0 bridgehead atoms. The van der Waals surface area contributed by atoms with Gasteiger partial charge in [-0.3, -0.25) is 0 Å². The largest absolute Gasteiger partial charge is 0.497 e. The lowest BCUT2D eigenvalue weighted by atomic mass is 9.82. The molecule has 0 aliphatic carbocycles. The molecule has 1 aliphatic heterocycles. The number of nitrogens with two attached hydrogens (primary N) is 1. The number of esters is 1. The Labute approximate surface area is 163 Å². The number of fused-ring (bicyclic) bond motifs is 3. The number of hydrogen-bond donors (Lipinski definition) is 1. The molecular formula is C23H21NO4. The average molecular weight is 375 g/mol. The summed E-state index contributed by atoms with van der Waals surface area (Å²) in [6.45, 7) is 2.03. The molecule has 1 heterocycles. The van der Waals surface area contributed by atoms with Crippen LogP contribution in [-0.2, 0) is 9.53 Å². The highest BCUT2D eigenvalue weighted by Crippen LogP contribution is 2.46. The molecule has 142 valence electrons. The number of methoxy groups -OCH3 is 1. The molecule has 0 amide bonds. The maximum Gasteiger partial charge on any atom is 0.340 e. The Morgan fingerprint density at radius 1 is 1.07 bits per heavy atom. The van der Waals surface area contributed by atoms with Crippen LogP contribution in [-0.4, -0.2) is 19.7 Å². The van der Waals surface area contributed by atoms with Crippen molar-refractivity contribution in [3.63, 3.8) is 0 Å². The third-order valence-corrected chi connectivity index (χ3v) is 4.93. The molecule has 0 saturated carbocycles. The predicted octanol–water partition coefficient (Wildman–Crippen LogP) is 4.11. The van der Waals surface area contributed by atoms with Gasteiger partial charge >= 0.3 is 5.97 Å². The van der Waals surface area contributed by atoms with Crippen LogP contribution in [0, 0.1) is 0 Å². The molecule has 0 unspecified atom stereocenters. The molecular weight excluding hydrogens is 354 g/mol. The van der Waals surface area contributed by atoms with Gasteiger partial charge in [-0.15, -0.1) is 0 Å². The van der Waals surface area contributed by atoms with Crippen LogP contribution in [0.2, 0.25) is 0 Å². The number of carbonyl (C=O) groups is 1. The summed E-state index contributed by atoms with van der Waals surface area (Å²) in [5.41, 5.74) is 8.33. The van der Waals surface area contributed by atoms with Gasteiger partial charge < -0.3 is 19.9 Å². The van der Waals surface area contributed by atoms with Crippen molar-refractivity contribution in [1.29, 1.82) is 0 Å². The second kappa shape index (κ2) is 7.27. The van der Waals surface area contributed by atoms with Crippen molar-refractivity contribution < 1.29 is 19.0 Å². The molecule has 28 heavy (non-hydrogen) atoms. The number of benzene rings is 3. The van der Waals surface area contributed by atoms with Crippen LogP contribution < -0.4 is 15.2 Å². The smallest absolute Gasteiger partial charge is 0.340 e. The van der Waals surface area contributed by atoms with E-state index in [1.54, 1.807) is 14.0 Å². The molecule has 1 atom stereocenters. The summed E-state index contributed by atoms with van der Waals surface area (Å²) in [4.78, 5) is 12.7. The fourth-order valence-corrected chi connectivity index (χ4v) is 3.63. The van der Waals surface area contributed by atoms with Crippen LogP contribution in [0.3, 0.4) is 0 Å². The van der Waals surface area contributed by atoms with E-state index >= 15 is 0 Å². The SMILES string of the molecule is CCOC(=O)C1=C(N)Oc2c(ccc3ccccc23)[C@@H]1c1ccc(OC)cc1. The van der Waals surface area contributed by atoms with Crippen molar-refractivity contribution >= 4 is 16.7 Å². The standard InChI is InChI=1S/C23H21NO4/c1-3-27-23(25)20-19(15-8-11-16(26-2)12-9-15)18-13-10-14-6-4-5-7-17(14)21(18)28-22(20)24/h4-13,19H,3,24H2,1-2H3/t19-/m0/s1. The van der Waals surface area contributed by atoms with E-state index < -0.39 is 11.9 Å². The zero-order valence-corrected chi connectivity index (χ0v) is 15.8. The van der Waals surface area contributed by atoms with Crippen LogP contribution in [0.1, 0.15) is 24.0 Å². The van der Waals surface area contributed by atoms with E-state index in [0.29, 0.717) is 11.3 Å². The van der Waals surface area contributed by atoms with Crippen LogP contribution >= 0.6 is 0 Å². The lowest BCUT2D eigenvalue weighted by Crippen LogP contribution is -2.27. The average Bonchev–Trinajstić information content (AvgIpc) is 2.73. The van der Waals surface area contributed by atoms with Gasteiger partial charge in [-0.2, -0.15) is 0 Å². The predicted molar refractivity (Wildman–Crippen MR) is 107 cm³/mol. The quantitative estimate of drug-likeness (QED) is 0.695. The lowest BCUT2D eigenvalue weighted by molar-refractivity contribution is -0.139. The van der Waals surface area contributed by atoms with Gasteiger partial charge in [0.2, 0.25) is 5.88 Å². The van der Waals surface area contributed by atoms with Gasteiger partial charge in [-0.25, -0.2) is 4.79 Å². The summed E-state index contributed by atoms with van der Waals surface area (Å²) in [5.74, 6) is 0.620. The fourth-order valence-electron chi connectivity index (χ4n) is 3.63. The van der Waals surface area contributed by atoms with Crippen molar-refractivity contribution in [1.82, 2.24) is 0 Å². The summed E-state index contributed by atoms with van der Waals surface area (Å²) >= 11 is 0. The molecule has 0 saturated heterocycles. The van der Waals surface area contributed by atoms with Crippen LogP contribution in [0.25, 0.3) is 10.8 Å². The van der Waals surface area contributed by atoms with E-state index in [9.17, 15) is 4.79 Å². The third-order valence-electron chi connectivity index (χ3n) is 4.93. The van der Waals surface area contributed by atoms with Gasteiger partial charge in [0, 0.05) is 10.9 Å². The van der Waals surface area contributed by atoms with Crippen LogP contribution in [0.4, 0.5) is 0 Å². The first-order valence-electron chi connectivity index (χ1n) is 9.14. The molecule has 4 rings (SSSR count). The van der Waals surface area contributed by atoms with Gasteiger partial charge in [0.05, 0.1) is 19.6 Å². The molecule has 0 aromatic heterocycles. The fraction of sp³-hybridized carbons (Fsp3) is 0.174. The van der Waals surface area contributed by atoms with Crippen LogP contribution in [0.15, 0.2) is 72.1 Å². The molecule has 2 N–H and O–H groups in total. The molecule has 3 aromatic rings. The summed E-state index contributed by atoms with van der Waals surface area (Å²) in [6.07, 6.45) is 0. The first kappa shape index (κ1) is 17.9. The minimum absolute atomic E-state index is 0.0723. The number of ether oxygens (including phenoxy) is 3. The summed E-state index contributed by atoms with van der Waals surface area (Å²) in [7, 11) is 1.62. The second-order valence-corrected chi connectivity index (χ2v) is 6.51. The Morgan fingerprint density at radius 3 is 2.54 bits per heavy atom. The van der Waals surface area contributed by atoms with E-state index in [0.717, 1.165) is 27.6 Å². The molecule has 1 aliphatic rings. The Balaban J connectivity index is 1.94. The third kappa shape index (κ3) is 2.95. The van der Waals surface area contributed by atoms with Crippen molar-refractivity contribution in [2.24, 2.45) is 5.73 Å². The van der Waals surface area contributed by atoms with Crippen molar-refractivity contribution in [3.8, 4) is 11.5 Å². The normalized spacial score (nSPS) is 15.7. The van der Waals surface area contributed by atoms with Gasteiger partial charge in [0.25, 0.3) is 0 Å². The minimum Gasteiger partial charge on any atom is -0.497 e. The van der Waals surface area contributed by atoms with E-state index in [-0.39, 0.29) is 12.5 Å². The Kier molecular flexibility index (Phi) is 4.65. The van der Waals surface area contributed by atoms with Gasteiger partial charge in [0.15, 0.2) is 0 Å². The number of carbonyl (C=O) groups excluding carboxylic acids is 1. The lowest BCUT2D eigenvalue weighted by Gasteiger charge is -2.29. The molecule has 0 spiro atoms. The zero-order chi connectivity index (χ0) is 19.7. The van der Waals surface area contributed by atoms with Crippen molar-refractivity contribution in [2.75, 3.05) is 13.7 Å². The van der Waals surface area contributed by atoms with Crippen molar-refractivity contribution in [2.45, 2.75) is 12.8 Å². The second-order valence-electron chi connectivity index (χ2n) is 6.51. The highest BCUT2D eigenvalue weighted by atomic mass is 16.5. The summed E-state index contributed by atoms with van der Waals surface area (Å²) in [6, 6.07) is 19.5. The van der Waals surface area contributed by atoms with Crippen LogP contribution in [0.5, 0.6) is 11.5 Å². The topological polar surface area (TPSA) is 70.8 Å². The zero-order valence-electron chi connectivity index (χ0n) is 15.8. The van der Waals surface area contributed by atoms with Crippen molar-refractivity contribution in [3.05, 3.63) is 83.2 Å². The Morgan fingerprint density at radius 2 is 1.82 bits per heavy atom. The maximum atomic E-state index is 12.7. The molecule has 0 fully saturated rings. The van der Waals surface area contributed by atoms with E-state index in [2.05, 4.69) is 0 Å². The summed E-state index contributed by atoms with van der Waals surface area (Å²) in [5, 5.41) is 1.99. The number of rotatable bonds is 4. The van der Waals surface area contributed by atoms with Gasteiger partial charge in [0.1, 0.15) is 17.1 Å². The number of hydrogen-bond acceptors (Lipinski definition) is 5. The maximum absolute atomic E-state index is 12.7. The molecule has 0 radical (unpaired) electrons. The van der Waals surface area contributed by atoms with E-state index in [1.165, 1.54) is 0 Å². The van der Waals surface area contributed by atoms with E-state index in [4.69, 9.17) is 19.9 Å². The minimum atomic E-state index is -0.473. The molecule has 5 nitrogen and oxygen atoms in total. The Bertz CT molecular complexity index is 1070. The Hall–Kier alpha value is -3.47. The van der Waals surface area contributed by atoms with Gasteiger partial charge in [-0.1, -0.05) is 48.5 Å². The first-order chi connectivity index (χ1) is 13.6. The highest BCUT2D eigenvalue weighted by Gasteiger charge is 2.36.